The van der Waals surface area contributed by atoms with E-state index < -0.39 is 42.2 Å². The van der Waals surface area contributed by atoms with Crippen molar-refractivity contribution in [3.05, 3.63) is 82.7 Å². The lowest BCUT2D eigenvalue weighted by molar-refractivity contribution is -0.139. The first-order valence-electron chi connectivity index (χ1n) is 27.0. The highest BCUT2D eigenvalue weighted by atomic mass is 16.6. The van der Waals surface area contributed by atoms with Gasteiger partial charge in [0.05, 0.1) is 129 Å². The number of aliphatic carboxylic acids is 1. The van der Waals surface area contributed by atoms with E-state index in [1.807, 2.05) is 6.07 Å². The molecule has 2 aromatic carbocycles. The number of rotatable bonds is 46. The lowest BCUT2D eigenvalue weighted by Crippen LogP contribution is -2.48. The molecule has 0 saturated heterocycles. The number of hydrogen-bond donors (Lipinski definition) is 8. The number of amides is 6. The normalized spacial score (nSPS) is 12.3. The molecule has 1 aliphatic rings. The number of carbonyl (C=O) groups is 7. The minimum absolute atomic E-state index is 0.0176. The Labute approximate surface area is 476 Å². The number of phenolic OH excluding ortho intramolecular Hbond substituents is 2. The Hall–Kier alpha value is -7.37. The number of imide groups is 1. The first kappa shape index (κ1) is 67.1. The van der Waals surface area contributed by atoms with Crippen LogP contribution >= 0.6 is 0 Å². The highest BCUT2D eigenvalue weighted by molar-refractivity contribution is 6.13. The Morgan fingerprint density at radius 1 is 0.573 bits per heavy atom. The maximum absolute atomic E-state index is 13.3. The van der Waals surface area contributed by atoms with Crippen LogP contribution in [0.1, 0.15) is 63.4 Å². The molecule has 1 aromatic heterocycles. The van der Waals surface area contributed by atoms with Gasteiger partial charge in [-0.2, -0.15) is 0 Å². The fraction of sp³-hybridized carbons (Fsp3) is 0.545. The number of carboxylic acids is 1. The molecule has 27 heteroatoms. The van der Waals surface area contributed by atoms with Crippen molar-refractivity contribution in [2.75, 3.05) is 150 Å². The molecular formula is C55H78N8O19. The van der Waals surface area contributed by atoms with Gasteiger partial charge in [0.2, 0.25) is 17.8 Å². The van der Waals surface area contributed by atoms with Crippen LogP contribution in [0, 0.1) is 13.8 Å². The second kappa shape index (κ2) is 39.9. The van der Waals surface area contributed by atoms with Crippen LogP contribution in [-0.4, -0.2) is 223 Å². The summed E-state index contributed by atoms with van der Waals surface area (Å²) >= 11 is 0. The smallest absolute Gasteiger partial charge is 0.328 e. The van der Waals surface area contributed by atoms with Gasteiger partial charge in [-0.3, -0.25) is 33.7 Å². The number of ether oxygens (including phenoxy) is 9. The van der Waals surface area contributed by atoms with Gasteiger partial charge in [-0.1, -0.05) is 12.1 Å². The number of aromatic hydroxyl groups is 2. The van der Waals surface area contributed by atoms with Crippen molar-refractivity contribution in [1.82, 2.24) is 36.1 Å². The lowest BCUT2D eigenvalue weighted by Gasteiger charge is -2.17. The number of nitrogens with one attached hydrogen (secondary N) is 5. The van der Waals surface area contributed by atoms with E-state index in [1.165, 1.54) is 30.4 Å². The Morgan fingerprint density at radius 2 is 1.11 bits per heavy atom. The number of phenols is 2. The van der Waals surface area contributed by atoms with Crippen molar-refractivity contribution < 1.29 is 91.5 Å². The molecule has 0 fully saturated rings. The van der Waals surface area contributed by atoms with Gasteiger partial charge in [-0.15, -0.1) is 0 Å². The van der Waals surface area contributed by atoms with Crippen LogP contribution < -0.4 is 31.3 Å². The minimum atomic E-state index is -1.52. The molecular weight excluding hydrogens is 1080 g/mol. The molecule has 8 N–H and O–H groups in total. The molecule has 3 aromatic rings. The fourth-order valence-electron chi connectivity index (χ4n) is 7.45. The molecule has 27 nitrogen and oxygen atoms in total. The third kappa shape index (κ3) is 28.4. The summed E-state index contributed by atoms with van der Waals surface area (Å²) in [6.45, 7) is 9.91. The zero-order valence-electron chi connectivity index (χ0n) is 46.6. The first-order valence-corrected chi connectivity index (χ1v) is 27.0. The molecule has 0 saturated carbocycles. The number of aromatic nitrogens is 2. The maximum Gasteiger partial charge on any atom is 0.328 e. The second-order valence-electron chi connectivity index (χ2n) is 18.0. The van der Waals surface area contributed by atoms with E-state index >= 15 is 0 Å². The Balaban J connectivity index is 0.901. The monoisotopic (exact) mass is 1150 g/mol. The van der Waals surface area contributed by atoms with Gasteiger partial charge in [0.25, 0.3) is 23.6 Å². The van der Waals surface area contributed by atoms with Gasteiger partial charge in [0.15, 0.2) is 0 Å². The maximum atomic E-state index is 13.3. The number of hydrogen-bond acceptors (Lipinski definition) is 21. The number of carboxylic acid groups (broad SMARTS) is 1. The van der Waals surface area contributed by atoms with Crippen molar-refractivity contribution in [2.45, 2.75) is 52.0 Å². The molecule has 4 rings (SSSR count). The van der Waals surface area contributed by atoms with Gasteiger partial charge in [-0.05, 0) is 62.9 Å². The SMILES string of the molecule is Cc1nc(NCCCc2cccc(O)c2)nc(C)c1C(=O)N[C@@H](CNC(=O)c1cc(O)cc(OCCCNC(=O)CCOCCOCCOCCOCCOCCOCCOCCOCCNC(=O)CCN2C(=O)C=CC2=O)c1)C(=O)O. The molecule has 6 amide bonds. The molecule has 0 bridgehead atoms. The van der Waals surface area contributed by atoms with E-state index in [2.05, 4.69) is 36.6 Å². The summed E-state index contributed by atoms with van der Waals surface area (Å²) in [5, 5.41) is 43.3. The Morgan fingerprint density at radius 3 is 1.67 bits per heavy atom. The number of nitrogens with zero attached hydrogens (tertiary/aromatic N) is 3. The standard InChI is InChI=1S/C55H78N8O19/c1-39-51(40(2)61-55(60-39)58-13-4-7-41-6-3-8-43(64)34-41)53(71)62-46(54(72)73)38-59-52(70)42-35-44(65)37-45(36-42)82-17-5-14-56-48(67)12-18-74-20-22-76-24-26-78-28-30-80-32-33-81-31-29-79-27-25-77-23-21-75-19-15-57-47(66)11-16-63-49(68)9-10-50(63)69/h3,6,8-10,34-37,46,64-65H,4-5,7,11-33,38H2,1-2H3,(H,56,67)(H,57,66)(H,59,70)(H,62,71)(H,72,73)(H,58,60,61)/t46-/m0/s1. The van der Waals surface area contributed by atoms with Crippen molar-refractivity contribution in [2.24, 2.45) is 0 Å². The zero-order valence-corrected chi connectivity index (χ0v) is 46.6. The summed E-state index contributed by atoms with van der Waals surface area (Å²) in [4.78, 5) is 95.3. The van der Waals surface area contributed by atoms with Gasteiger partial charge < -0.3 is 84.5 Å². The molecule has 452 valence electrons. The van der Waals surface area contributed by atoms with Gasteiger partial charge in [-0.25, -0.2) is 14.8 Å². The number of aryl methyl sites for hydroxylation is 3. The Bertz CT molecular complexity index is 2460. The summed E-state index contributed by atoms with van der Waals surface area (Å²) < 4.78 is 49.4. The van der Waals surface area contributed by atoms with E-state index in [9.17, 15) is 48.9 Å². The van der Waals surface area contributed by atoms with Crippen LogP contribution in [0.4, 0.5) is 5.95 Å². The molecule has 0 aliphatic carbocycles. The number of benzene rings is 2. The molecule has 82 heavy (non-hydrogen) atoms. The minimum Gasteiger partial charge on any atom is -0.508 e. The molecule has 0 spiro atoms. The highest BCUT2D eigenvalue weighted by Crippen LogP contribution is 2.22. The van der Waals surface area contributed by atoms with Gasteiger partial charge >= 0.3 is 5.97 Å². The molecule has 1 atom stereocenters. The van der Waals surface area contributed by atoms with Crippen LogP contribution in [0.15, 0.2) is 54.6 Å². The summed E-state index contributed by atoms with van der Waals surface area (Å²) in [5.74, 6) is -3.79. The van der Waals surface area contributed by atoms with E-state index in [4.69, 9.17) is 42.6 Å². The predicted octanol–water partition coefficient (Wildman–Crippen LogP) is 1.00. The van der Waals surface area contributed by atoms with Crippen molar-refractivity contribution in [3.8, 4) is 17.2 Å². The predicted molar refractivity (Wildman–Crippen MR) is 294 cm³/mol. The van der Waals surface area contributed by atoms with Crippen LogP contribution in [0.2, 0.25) is 0 Å². The summed E-state index contributed by atoms with van der Waals surface area (Å²) in [7, 11) is 0. The van der Waals surface area contributed by atoms with E-state index in [-0.39, 0.29) is 72.8 Å². The van der Waals surface area contributed by atoms with E-state index in [0.717, 1.165) is 16.9 Å². The van der Waals surface area contributed by atoms with Crippen molar-refractivity contribution >= 4 is 47.4 Å². The van der Waals surface area contributed by atoms with E-state index in [1.54, 1.807) is 32.0 Å². The van der Waals surface area contributed by atoms with Crippen molar-refractivity contribution in [3.63, 3.8) is 0 Å². The first-order chi connectivity index (χ1) is 39.7. The quantitative estimate of drug-likeness (QED) is 0.0289. The third-order valence-electron chi connectivity index (χ3n) is 11.6. The second-order valence-corrected chi connectivity index (χ2v) is 18.0. The van der Waals surface area contributed by atoms with E-state index in [0.29, 0.717) is 149 Å². The zero-order chi connectivity index (χ0) is 59.2. The highest BCUT2D eigenvalue weighted by Gasteiger charge is 2.26. The van der Waals surface area contributed by atoms with Gasteiger partial charge in [0, 0.05) is 69.3 Å². The van der Waals surface area contributed by atoms with Crippen LogP contribution in [-0.2, 0) is 68.3 Å². The number of carbonyl (C=O) groups excluding carboxylic acids is 6. The molecule has 1 aliphatic heterocycles. The van der Waals surface area contributed by atoms with Crippen molar-refractivity contribution in [1.29, 1.82) is 0 Å². The third-order valence-corrected chi connectivity index (χ3v) is 11.6. The summed E-state index contributed by atoms with van der Waals surface area (Å²) in [5.41, 5.74) is 1.70. The summed E-state index contributed by atoms with van der Waals surface area (Å²) in [6.07, 6.45) is 4.38. The Kier molecular flexibility index (Phi) is 32.7. The van der Waals surface area contributed by atoms with Gasteiger partial charge in [0.1, 0.15) is 23.3 Å². The average Bonchev–Trinajstić information content (AvgIpc) is 3.78. The summed E-state index contributed by atoms with van der Waals surface area (Å²) in [6, 6.07) is 9.33. The lowest BCUT2D eigenvalue weighted by atomic mass is 10.1. The molecule has 0 radical (unpaired) electrons. The fourth-order valence-corrected chi connectivity index (χ4v) is 7.45. The molecule has 0 unspecified atom stereocenters. The largest absolute Gasteiger partial charge is 0.508 e. The van der Waals surface area contributed by atoms with Crippen LogP contribution in [0.5, 0.6) is 17.2 Å². The topological polar surface area (TPSA) is 352 Å². The number of anilines is 1. The van der Waals surface area contributed by atoms with Crippen LogP contribution in [0.25, 0.3) is 0 Å². The van der Waals surface area contributed by atoms with Crippen LogP contribution in [0.3, 0.4) is 0 Å². The molecule has 2 heterocycles. The average molecular weight is 1160 g/mol.